The predicted molar refractivity (Wildman–Crippen MR) is 122 cm³/mol. The molecule has 0 saturated carbocycles. The summed E-state index contributed by atoms with van der Waals surface area (Å²) in [4.78, 5) is 16.6. The number of aromatic nitrogens is 2. The minimum absolute atomic E-state index is 0.00494. The molecule has 1 aromatic heterocycles. The van der Waals surface area contributed by atoms with E-state index in [2.05, 4.69) is 10.3 Å². The number of nitrogens with one attached hydrogen (secondary N) is 1. The fourth-order valence-corrected chi connectivity index (χ4v) is 4.05. The molecule has 0 aliphatic carbocycles. The number of ether oxygens (including phenoxy) is 5. The third-order valence-corrected chi connectivity index (χ3v) is 5.86. The van der Waals surface area contributed by atoms with Crippen LogP contribution in [0, 0.1) is 0 Å². The Morgan fingerprint density at radius 3 is 2.74 bits per heavy atom. The maximum absolute atomic E-state index is 12.5. The third kappa shape index (κ3) is 4.85. The van der Waals surface area contributed by atoms with E-state index in [1.807, 2.05) is 18.2 Å². The summed E-state index contributed by atoms with van der Waals surface area (Å²) < 4.78 is 29.4. The summed E-state index contributed by atoms with van der Waals surface area (Å²) in [5.41, 5.74) is 1.93. The van der Waals surface area contributed by atoms with Crippen molar-refractivity contribution in [3.63, 3.8) is 0 Å². The van der Waals surface area contributed by atoms with Crippen LogP contribution in [0.5, 0.6) is 17.2 Å². The lowest BCUT2D eigenvalue weighted by Crippen LogP contribution is -2.49. The van der Waals surface area contributed by atoms with E-state index >= 15 is 0 Å². The van der Waals surface area contributed by atoms with Crippen molar-refractivity contribution in [2.24, 2.45) is 0 Å². The van der Waals surface area contributed by atoms with E-state index in [-0.39, 0.29) is 18.1 Å². The number of aliphatic hydroxyl groups excluding tert-OH is 1. The van der Waals surface area contributed by atoms with Crippen molar-refractivity contribution in [2.45, 2.75) is 31.5 Å². The van der Waals surface area contributed by atoms with E-state index in [0.717, 1.165) is 17.1 Å². The maximum Gasteiger partial charge on any atom is 0.269 e. The van der Waals surface area contributed by atoms with Gasteiger partial charge < -0.3 is 38.7 Å². The van der Waals surface area contributed by atoms with Crippen LogP contribution in [0.2, 0.25) is 0 Å². The van der Waals surface area contributed by atoms with Crippen molar-refractivity contribution < 1.29 is 28.8 Å². The highest BCUT2D eigenvalue weighted by atomic mass is 16.7. The van der Waals surface area contributed by atoms with Crippen LogP contribution in [0.15, 0.2) is 47.4 Å². The van der Waals surface area contributed by atoms with E-state index in [1.54, 1.807) is 25.3 Å². The second-order valence-electron chi connectivity index (χ2n) is 8.22. The van der Waals surface area contributed by atoms with Gasteiger partial charge in [-0.3, -0.25) is 4.79 Å². The highest BCUT2D eigenvalue weighted by molar-refractivity contribution is 5.76. The second-order valence-corrected chi connectivity index (χ2v) is 8.22. The molecule has 0 radical (unpaired) electrons. The summed E-state index contributed by atoms with van der Waals surface area (Å²) in [6, 6.07) is 11.1. The molecule has 5 rings (SSSR count). The van der Waals surface area contributed by atoms with Gasteiger partial charge in [-0.25, -0.2) is 4.98 Å². The lowest BCUT2D eigenvalue weighted by atomic mass is 10.1. The summed E-state index contributed by atoms with van der Waals surface area (Å²) in [5, 5.41) is 14.1. The lowest BCUT2D eigenvalue weighted by Gasteiger charge is -2.33. The fourth-order valence-electron chi connectivity index (χ4n) is 4.05. The van der Waals surface area contributed by atoms with E-state index in [0.29, 0.717) is 49.8 Å². The molecule has 0 spiro atoms. The normalized spacial score (nSPS) is 20.8. The van der Waals surface area contributed by atoms with Crippen LogP contribution in [0.3, 0.4) is 0 Å². The number of methoxy groups -OCH3 is 1. The molecule has 0 bridgehead atoms. The van der Waals surface area contributed by atoms with E-state index in [4.69, 9.17) is 23.7 Å². The molecule has 2 aliphatic rings. The van der Waals surface area contributed by atoms with Gasteiger partial charge in [0.05, 0.1) is 50.1 Å². The van der Waals surface area contributed by atoms with Crippen molar-refractivity contribution in [3.05, 3.63) is 58.5 Å². The second kappa shape index (κ2) is 9.98. The van der Waals surface area contributed by atoms with Gasteiger partial charge in [0.25, 0.3) is 5.56 Å². The number of rotatable bonds is 7. The first-order valence-electron chi connectivity index (χ1n) is 11.2. The van der Waals surface area contributed by atoms with E-state index < -0.39 is 12.4 Å². The Labute approximate surface area is 196 Å². The summed E-state index contributed by atoms with van der Waals surface area (Å²) in [6.45, 7) is 2.46. The smallest absolute Gasteiger partial charge is 0.269 e. The van der Waals surface area contributed by atoms with E-state index in [1.165, 1.54) is 10.8 Å². The van der Waals surface area contributed by atoms with Gasteiger partial charge >= 0.3 is 0 Å². The molecule has 10 heteroatoms. The number of fused-ring (bicyclic) bond motifs is 2. The molecule has 3 heterocycles. The molecule has 1 saturated heterocycles. The molecule has 2 aromatic carbocycles. The first kappa shape index (κ1) is 22.6. The lowest BCUT2D eigenvalue weighted by molar-refractivity contribution is -0.233. The minimum atomic E-state index is -1.03. The van der Waals surface area contributed by atoms with Gasteiger partial charge in [-0.2, -0.15) is 0 Å². The van der Waals surface area contributed by atoms with Crippen molar-refractivity contribution in [3.8, 4) is 17.2 Å². The van der Waals surface area contributed by atoms with Crippen molar-refractivity contribution in [1.29, 1.82) is 0 Å². The molecule has 34 heavy (non-hydrogen) atoms. The van der Waals surface area contributed by atoms with Crippen molar-refractivity contribution in [2.75, 3.05) is 33.5 Å². The van der Waals surface area contributed by atoms with E-state index in [9.17, 15) is 9.90 Å². The van der Waals surface area contributed by atoms with Crippen molar-refractivity contribution >= 4 is 11.0 Å². The SMILES string of the molecule is COc1ccc2ncc(=O)n(CC(O)[C@H]3OC[C@H](NCc4ccc5c(c4)OCCO5)CO3)c2c1. The quantitative estimate of drug-likeness (QED) is 0.525. The largest absolute Gasteiger partial charge is 0.497 e. The van der Waals surface area contributed by atoms with Gasteiger partial charge in [0.1, 0.15) is 25.1 Å². The molecule has 10 nitrogen and oxygen atoms in total. The van der Waals surface area contributed by atoms with Crippen LogP contribution in [0.4, 0.5) is 0 Å². The zero-order chi connectivity index (χ0) is 23.5. The average molecular weight is 469 g/mol. The first-order valence-corrected chi connectivity index (χ1v) is 11.2. The third-order valence-electron chi connectivity index (χ3n) is 5.86. The summed E-state index contributed by atoms with van der Waals surface area (Å²) in [7, 11) is 1.55. The molecule has 2 aliphatic heterocycles. The highest BCUT2D eigenvalue weighted by Crippen LogP contribution is 2.30. The number of benzene rings is 2. The van der Waals surface area contributed by atoms with Gasteiger partial charge in [-0.1, -0.05) is 6.07 Å². The molecule has 0 amide bonds. The zero-order valence-electron chi connectivity index (χ0n) is 18.8. The Kier molecular flexibility index (Phi) is 6.63. The Hall–Kier alpha value is -3.18. The number of hydrogen-bond acceptors (Lipinski definition) is 9. The monoisotopic (exact) mass is 469 g/mol. The van der Waals surface area contributed by atoms with Crippen LogP contribution in [0.25, 0.3) is 11.0 Å². The van der Waals surface area contributed by atoms with Crippen LogP contribution in [-0.2, 0) is 22.6 Å². The minimum Gasteiger partial charge on any atom is -0.497 e. The molecular formula is C24H27N3O7. The molecule has 180 valence electrons. The molecule has 2 N–H and O–H groups in total. The Balaban J connectivity index is 1.17. The first-order chi connectivity index (χ1) is 16.6. The number of aliphatic hydroxyl groups is 1. The molecular weight excluding hydrogens is 442 g/mol. The van der Waals surface area contributed by atoms with Gasteiger partial charge in [-0.05, 0) is 29.8 Å². The number of nitrogens with zero attached hydrogens (tertiary/aromatic N) is 2. The number of hydrogen-bond donors (Lipinski definition) is 2. The Bertz CT molecular complexity index is 1210. The Morgan fingerprint density at radius 1 is 1.15 bits per heavy atom. The molecule has 1 unspecified atom stereocenters. The molecule has 1 atom stereocenters. The van der Waals surface area contributed by atoms with Crippen LogP contribution < -0.4 is 25.1 Å². The Morgan fingerprint density at radius 2 is 1.94 bits per heavy atom. The predicted octanol–water partition coefficient (Wildman–Crippen LogP) is 1.07. The zero-order valence-corrected chi connectivity index (χ0v) is 18.8. The van der Waals surface area contributed by atoms with Crippen LogP contribution in [-0.4, -0.2) is 66.6 Å². The summed E-state index contributed by atoms with van der Waals surface area (Å²) in [5.74, 6) is 2.11. The molecule has 3 aromatic rings. The van der Waals surface area contributed by atoms with Crippen molar-refractivity contribution in [1.82, 2.24) is 14.9 Å². The van der Waals surface area contributed by atoms with Gasteiger partial charge in [0.15, 0.2) is 17.8 Å². The molecule has 1 fully saturated rings. The van der Waals surface area contributed by atoms with Crippen LogP contribution >= 0.6 is 0 Å². The van der Waals surface area contributed by atoms with Crippen LogP contribution in [0.1, 0.15) is 5.56 Å². The summed E-state index contributed by atoms with van der Waals surface area (Å²) >= 11 is 0. The van der Waals surface area contributed by atoms with Gasteiger partial charge in [0, 0.05) is 12.6 Å². The highest BCUT2D eigenvalue weighted by Gasteiger charge is 2.29. The average Bonchev–Trinajstić information content (AvgIpc) is 2.89. The standard InChI is InChI=1S/C24H27N3O7/c1-30-17-3-4-18-19(9-17)27(23(29)11-26-18)12-20(28)24-33-13-16(14-34-24)25-10-15-2-5-21-22(8-15)32-7-6-31-21/h2-5,8-9,11,16,20,24-25,28H,6-7,10,12-14H2,1H3/t16-,20?,24-. The topological polar surface area (TPSA) is 113 Å². The van der Waals surface area contributed by atoms with Gasteiger partial charge in [0.2, 0.25) is 0 Å². The fraction of sp³-hybridized carbons (Fsp3) is 0.417. The maximum atomic E-state index is 12.5. The van der Waals surface area contributed by atoms with Gasteiger partial charge in [-0.15, -0.1) is 0 Å². The summed E-state index contributed by atoms with van der Waals surface area (Å²) in [6.07, 6.45) is -0.636.